The zero-order valence-electron chi connectivity index (χ0n) is 21.1. The minimum atomic E-state index is -0.920. The van der Waals surface area contributed by atoms with Crippen LogP contribution in [-0.4, -0.2) is 14.2 Å². The predicted molar refractivity (Wildman–Crippen MR) is 148 cm³/mol. The molecule has 0 aromatic heterocycles. The Labute approximate surface area is 218 Å². The highest BCUT2D eigenvalue weighted by Gasteiger charge is 2.40. The van der Waals surface area contributed by atoms with E-state index in [1.807, 2.05) is 42.5 Å². The Balaban J connectivity index is 1.78. The van der Waals surface area contributed by atoms with E-state index >= 15 is 0 Å². The Morgan fingerprint density at radius 1 is 0.432 bits per heavy atom. The first-order valence-corrected chi connectivity index (χ1v) is 12.4. The Hall–Kier alpha value is -4.34. The summed E-state index contributed by atoms with van der Waals surface area (Å²) in [7, 11) is 3.36. The molecule has 0 aliphatic heterocycles. The molecule has 0 fully saturated rings. The van der Waals surface area contributed by atoms with Gasteiger partial charge in [-0.2, -0.15) is 0 Å². The van der Waals surface area contributed by atoms with Gasteiger partial charge in [-0.3, -0.25) is 0 Å². The fraction of sp³-hybridized carbons (Fsp3) is 0.118. The summed E-state index contributed by atoms with van der Waals surface area (Å²) in [6.07, 6.45) is -0.327. The Morgan fingerprint density at radius 3 is 1.16 bits per heavy atom. The number of hydrogen-bond acceptors (Lipinski definition) is 3. The van der Waals surface area contributed by atoms with E-state index in [-0.39, 0.29) is 6.10 Å². The van der Waals surface area contributed by atoms with Crippen molar-refractivity contribution in [2.75, 3.05) is 14.2 Å². The molecule has 0 aliphatic rings. The van der Waals surface area contributed by atoms with Gasteiger partial charge in [-0.25, -0.2) is 0 Å². The second-order valence-corrected chi connectivity index (χ2v) is 8.82. The van der Waals surface area contributed by atoms with Gasteiger partial charge in [0.1, 0.15) is 23.2 Å². The van der Waals surface area contributed by atoms with Gasteiger partial charge >= 0.3 is 0 Å². The third-order valence-corrected chi connectivity index (χ3v) is 6.67. The molecule has 0 spiro atoms. The topological polar surface area (TPSA) is 27.7 Å². The second kappa shape index (κ2) is 11.2. The molecule has 0 unspecified atom stereocenters. The molecule has 3 nitrogen and oxygen atoms in total. The molecule has 0 amide bonds. The monoisotopic (exact) mass is 486 g/mol. The van der Waals surface area contributed by atoms with Crippen LogP contribution in [-0.2, 0) is 10.3 Å². The van der Waals surface area contributed by atoms with Crippen LogP contribution in [0.2, 0.25) is 0 Å². The first-order valence-electron chi connectivity index (χ1n) is 12.4. The van der Waals surface area contributed by atoms with Gasteiger partial charge in [-0.05, 0) is 52.1 Å². The summed E-state index contributed by atoms with van der Waals surface area (Å²) in [5.41, 5.74) is 4.27. The first kappa shape index (κ1) is 24.4. The Morgan fingerprint density at radius 2 is 0.784 bits per heavy atom. The average molecular weight is 487 g/mol. The van der Waals surface area contributed by atoms with Gasteiger partial charge in [0.2, 0.25) is 0 Å². The van der Waals surface area contributed by atoms with E-state index in [1.165, 1.54) is 0 Å². The van der Waals surface area contributed by atoms with Crippen LogP contribution in [0.15, 0.2) is 140 Å². The smallest absolute Gasteiger partial charge is 0.145 e. The summed E-state index contributed by atoms with van der Waals surface area (Å²) in [6, 6.07) is 47.4. The highest BCUT2D eigenvalue weighted by atomic mass is 16.5. The maximum atomic E-state index is 7.43. The molecule has 0 saturated heterocycles. The molecule has 0 atom stereocenters. The fourth-order valence-electron chi connectivity index (χ4n) is 4.79. The third kappa shape index (κ3) is 5.00. The van der Waals surface area contributed by atoms with E-state index < -0.39 is 5.60 Å². The molecule has 0 radical (unpaired) electrons. The SMILES string of the molecule is COc1ccc(C(OC(c2ccccc2)c2ccccc2)(c2ccccc2)c2ccc(OC)cc2)cc1. The third-order valence-electron chi connectivity index (χ3n) is 6.67. The molecule has 0 bridgehead atoms. The normalized spacial score (nSPS) is 11.3. The van der Waals surface area contributed by atoms with Crippen molar-refractivity contribution in [3.8, 4) is 11.5 Å². The van der Waals surface area contributed by atoms with Crippen LogP contribution >= 0.6 is 0 Å². The van der Waals surface area contributed by atoms with E-state index in [2.05, 4.69) is 97.1 Å². The molecule has 3 heteroatoms. The molecule has 5 aromatic carbocycles. The molecule has 0 aliphatic carbocycles. The highest BCUT2D eigenvalue weighted by molar-refractivity contribution is 5.50. The lowest BCUT2D eigenvalue weighted by molar-refractivity contribution is -0.0296. The molecule has 184 valence electrons. The summed E-state index contributed by atoms with van der Waals surface area (Å²) in [4.78, 5) is 0. The van der Waals surface area contributed by atoms with Gasteiger partial charge in [-0.15, -0.1) is 0 Å². The van der Waals surface area contributed by atoms with Crippen molar-refractivity contribution in [3.05, 3.63) is 167 Å². The van der Waals surface area contributed by atoms with Gasteiger partial charge in [0.05, 0.1) is 14.2 Å². The lowest BCUT2D eigenvalue weighted by atomic mass is 9.79. The summed E-state index contributed by atoms with van der Waals surface area (Å²) >= 11 is 0. The zero-order valence-corrected chi connectivity index (χ0v) is 21.1. The molecular weight excluding hydrogens is 456 g/mol. The molecule has 5 aromatic rings. The van der Waals surface area contributed by atoms with Crippen molar-refractivity contribution in [2.24, 2.45) is 0 Å². The van der Waals surface area contributed by atoms with Crippen LogP contribution in [0, 0.1) is 0 Å². The molecule has 0 heterocycles. The average Bonchev–Trinajstić information content (AvgIpc) is 2.99. The fourth-order valence-corrected chi connectivity index (χ4v) is 4.79. The second-order valence-electron chi connectivity index (χ2n) is 8.82. The molecule has 0 N–H and O–H groups in total. The van der Waals surface area contributed by atoms with Crippen molar-refractivity contribution in [2.45, 2.75) is 11.7 Å². The van der Waals surface area contributed by atoms with Crippen LogP contribution in [0.5, 0.6) is 11.5 Å². The van der Waals surface area contributed by atoms with Crippen LogP contribution in [0.4, 0.5) is 0 Å². The van der Waals surface area contributed by atoms with Crippen LogP contribution < -0.4 is 9.47 Å². The van der Waals surface area contributed by atoms with Gasteiger partial charge in [0, 0.05) is 0 Å². The molecule has 5 rings (SSSR count). The number of rotatable bonds is 9. The van der Waals surface area contributed by atoms with Crippen molar-refractivity contribution in [1.82, 2.24) is 0 Å². The minimum absolute atomic E-state index is 0.327. The Bertz CT molecular complexity index is 1290. The van der Waals surface area contributed by atoms with Crippen molar-refractivity contribution in [3.63, 3.8) is 0 Å². The molecule has 0 saturated carbocycles. The lowest BCUT2D eigenvalue weighted by Gasteiger charge is -2.39. The van der Waals surface area contributed by atoms with Crippen molar-refractivity contribution < 1.29 is 14.2 Å². The first-order chi connectivity index (χ1) is 18.2. The van der Waals surface area contributed by atoms with Gasteiger partial charge in [-0.1, -0.05) is 115 Å². The predicted octanol–water partition coefficient (Wildman–Crippen LogP) is 7.80. The number of ether oxygens (including phenoxy) is 3. The van der Waals surface area contributed by atoms with E-state index in [0.29, 0.717) is 0 Å². The quantitative estimate of drug-likeness (QED) is 0.199. The van der Waals surface area contributed by atoms with Crippen LogP contribution in [0.3, 0.4) is 0 Å². The summed E-state index contributed by atoms with van der Waals surface area (Å²) < 4.78 is 18.4. The maximum absolute atomic E-state index is 7.43. The summed E-state index contributed by atoms with van der Waals surface area (Å²) in [6.45, 7) is 0. The number of methoxy groups -OCH3 is 2. The molecule has 37 heavy (non-hydrogen) atoms. The molecular formula is C34H30O3. The van der Waals surface area contributed by atoms with Crippen molar-refractivity contribution >= 4 is 0 Å². The van der Waals surface area contributed by atoms with Gasteiger partial charge in [0.25, 0.3) is 0 Å². The minimum Gasteiger partial charge on any atom is -0.497 e. The van der Waals surface area contributed by atoms with Crippen molar-refractivity contribution in [1.29, 1.82) is 0 Å². The van der Waals surface area contributed by atoms with E-state index in [0.717, 1.165) is 39.3 Å². The van der Waals surface area contributed by atoms with Crippen LogP contribution in [0.1, 0.15) is 33.9 Å². The van der Waals surface area contributed by atoms with E-state index in [9.17, 15) is 0 Å². The van der Waals surface area contributed by atoms with E-state index in [1.54, 1.807) is 14.2 Å². The highest BCUT2D eigenvalue weighted by Crippen LogP contribution is 2.46. The Kier molecular flexibility index (Phi) is 7.34. The summed E-state index contributed by atoms with van der Waals surface area (Å²) in [5, 5.41) is 0. The lowest BCUT2D eigenvalue weighted by Crippen LogP contribution is -2.34. The largest absolute Gasteiger partial charge is 0.497 e. The van der Waals surface area contributed by atoms with E-state index in [4.69, 9.17) is 14.2 Å². The number of benzene rings is 5. The number of hydrogen-bond donors (Lipinski definition) is 0. The van der Waals surface area contributed by atoms with Crippen LogP contribution in [0.25, 0.3) is 0 Å². The maximum Gasteiger partial charge on any atom is 0.145 e. The zero-order chi connectivity index (χ0) is 25.5. The standard InChI is InChI=1S/C34H30O3/c1-35-31-22-18-29(19-23-31)34(28-16-10-5-11-17-28,30-20-24-32(36-2)25-21-30)37-33(26-12-6-3-7-13-26)27-14-8-4-9-15-27/h3-25,33H,1-2H3. The van der Waals surface area contributed by atoms with Gasteiger partial charge in [0.15, 0.2) is 0 Å². The van der Waals surface area contributed by atoms with Gasteiger partial charge < -0.3 is 14.2 Å². The summed E-state index contributed by atoms with van der Waals surface area (Å²) in [5.74, 6) is 1.59.